The summed E-state index contributed by atoms with van der Waals surface area (Å²) in [6.07, 6.45) is -0.959. The highest BCUT2D eigenvalue weighted by Crippen LogP contribution is 2.20. The Bertz CT molecular complexity index is 1300. The molecule has 0 heterocycles. The first-order chi connectivity index (χ1) is 17.5. The third kappa shape index (κ3) is 7.47. The summed E-state index contributed by atoms with van der Waals surface area (Å²) in [7, 11) is -3.90. The van der Waals surface area contributed by atoms with Crippen molar-refractivity contribution >= 4 is 15.9 Å². The Kier molecular flexibility index (Phi) is 9.59. The number of amides is 1. The van der Waals surface area contributed by atoms with E-state index in [4.69, 9.17) is 0 Å². The highest BCUT2D eigenvalue weighted by molar-refractivity contribution is 7.89. The number of carbonyl (C=O) groups excluding carboxylic acids is 1. The number of carbonyl (C=O) groups is 1. The summed E-state index contributed by atoms with van der Waals surface area (Å²) >= 11 is 0. The summed E-state index contributed by atoms with van der Waals surface area (Å²) < 4.78 is 42.4. The number of aryl methyl sites for hydroxylation is 1. The number of hydrogen-bond donors (Lipinski definition) is 2. The maximum atomic E-state index is 14.1. The van der Waals surface area contributed by atoms with E-state index in [1.54, 1.807) is 24.3 Å². The largest absolute Gasteiger partial charge is 0.390 e. The number of halogens is 1. The van der Waals surface area contributed by atoms with Crippen LogP contribution in [0.3, 0.4) is 0 Å². The van der Waals surface area contributed by atoms with E-state index in [-0.39, 0.29) is 41.5 Å². The molecule has 0 saturated carbocycles. The SMILES string of the molecule is Cc1ccc(S(=O)(=O)N(CC(C)C)C[C@@H](O)[C@H](Cc2ccccc2)NC(=O)c2cccc(F)c2C)cc1. The van der Waals surface area contributed by atoms with Gasteiger partial charge in [0.15, 0.2) is 0 Å². The van der Waals surface area contributed by atoms with E-state index in [1.807, 2.05) is 51.1 Å². The Morgan fingerprint density at radius 3 is 2.22 bits per heavy atom. The zero-order chi connectivity index (χ0) is 27.2. The van der Waals surface area contributed by atoms with Gasteiger partial charge in [0, 0.05) is 18.7 Å². The van der Waals surface area contributed by atoms with Gasteiger partial charge in [-0.25, -0.2) is 12.8 Å². The fraction of sp³-hybridized carbons (Fsp3) is 0.345. The molecule has 198 valence electrons. The number of aliphatic hydroxyl groups is 1. The highest BCUT2D eigenvalue weighted by atomic mass is 32.2. The van der Waals surface area contributed by atoms with Gasteiger partial charge in [-0.1, -0.05) is 67.9 Å². The molecule has 0 aliphatic rings. The number of benzene rings is 3. The Morgan fingerprint density at radius 1 is 0.946 bits per heavy atom. The maximum absolute atomic E-state index is 14.1. The normalized spacial score (nSPS) is 13.5. The summed E-state index contributed by atoms with van der Waals surface area (Å²) in [5.74, 6) is -1.03. The third-order valence-electron chi connectivity index (χ3n) is 6.21. The molecule has 3 aromatic carbocycles. The van der Waals surface area contributed by atoms with Gasteiger partial charge in [-0.05, 0) is 61.6 Å². The van der Waals surface area contributed by atoms with Crippen molar-refractivity contribution in [2.24, 2.45) is 5.92 Å². The van der Waals surface area contributed by atoms with Crippen molar-refractivity contribution in [1.82, 2.24) is 9.62 Å². The van der Waals surface area contributed by atoms with Crippen molar-refractivity contribution in [3.63, 3.8) is 0 Å². The number of rotatable bonds is 11. The summed E-state index contributed by atoms with van der Waals surface area (Å²) in [5, 5.41) is 14.2. The second-order valence-electron chi connectivity index (χ2n) is 9.78. The van der Waals surface area contributed by atoms with E-state index >= 15 is 0 Å². The van der Waals surface area contributed by atoms with E-state index in [2.05, 4.69) is 5.32 Å². The summed E-state index contributed by atoms with van der Waals surface area (Å²) in [4.78, 5) is 13.3. The third-order valence-corrected chi connectivity index (χ3v) is 8.06. The first-order valence-corrected chi connectivity index (χ1v) is 13.8. The first-order valence-electron chi connectivity index (χ1n) is 12.3. The van der Waals surface area contributed by atoms with Gasteiger partial charge in [-0.2, -0.15) is 4.31 Å². The molecule has 3 aromatic rings. The van der Waals surface area contributed by atoms with Crippen LogP contribution < -0.4 is 5.32 Å². The Hall–Kier alpha value is -3.07. The minimum absolute atomic E-state index is 0.00420. The molecule has 0 bridgehead atoms. The lowest BCUT2D eigenvalue weighted by Crippen LogP contribution is -2.51. The maximum Gasteiger partial charge on any atom is 0.251 e. The molecule has 0 spiro atoms. The van der Waals surface area contributed by atoms with Gasteiger partial charge in [0.25, 0.3) is 5.91 Å². The Balaban J connectivity index is 1.91. The van der Waals surface area contributed by atoms with Gasteiger partial charge in [-0.3, -0.25) is 4.79 Å². The van der Waals surface area contributed by atoms with Crippen molar-refractivity contribution in [2.45, 2.75) is 51.2 Å². The van der Waals surface area contributed by atoms with Crippen molar-refractivity contribution in [2.75, 3.05) is 13.1 Å². The van der Waals surface area contributed by atoms with Gasteiger partial charge in [-0.15, -0.1) is 0 Å². The van der Waals surface area contributed by atoms with Crippen molar-refractivity contribution in [1.29, 1.82) is 0 Å². The van der Waals surface area contributed by atoms with Crippen LogP contribution in [-0.2, 0) is 16.4 Å². The zero-order valence-electron chi connectivity index (χ0n) is 21.7. The van der Waals surface area contributed by atoms with Gasteiger partial charge in [0.05, 0.1) is 17.0 Å². The number of sulfonamides is 1. The summed E-state index contributed by atoms with van der Waals surface area (Å²) in [6, 6.07) is 19.3. The molecule has 2 N–H and O–H groups in total. The zero-order valence-corrected chi connectivity index (χ0v) is 22.5. The van der Waals surface area contributed by atoms with Gasteiger partial charge >= 0.3 is 0 Å². The second kappa shape index (κ2) is 12.4. The molecular weight excluding hydrogens is 491 g/mol. The van der Waals surface area contributed by atoms with E-state index in [9.17, 15) is 22.7 Å². The van der Waals surface area contributed by atoms with Crippen LogP contribution in [0.2, 0.25) is 0 Å². The average Bonchev–Trinajstić information content (AvgIpc) is 2.85. The monoisotopic (exact) mass is 526 g/mol. The predicted octanol–water partition coefficient (Wildman–Crippen LogP) is 4.49. The summed E-state index contributed by atoms with van der Waals surface area (Å²) in [5.41, 5.74) is 2.17. The van der Waals surface area contributed by atoms with E-state index in [1.165, 1.54) is 29.4 Å². The standard InChI is InChI=1S/C29H35FN2O4S/c1-20(2)18-32(37(35,36)24-15-13-21(3)14-16-24)19-28(33)27(17-23-9-6-5-7-10-23)31-29(34)25-11-8-12-26(30)22(25)4/h5-16,20,27-28,33H,17-19H2,1-4H3,(H,31,34)/t27-,28+/m0/s1. The highest BCUT2D eigenvalue weighted by Gasteiger charge is 2.31. The molecule has 37 heavy (non-hydrogen) atoms. The fourth-order valence-corrected chi connectivity index (χ4v) is 5.75. The van der Waals surface area contributed by atoms with E-state index in [0.29, 0.717) is 0 Å². The minimum atomic E-state index is -3.90. The molecule has 0 unspecified atom stereocenters. The van der Waals surface area contributed by atoms with E-state index < -0.39 is 33.9 Å². The smallest absolute Gasteiger partial charge is 0.251 e. The quantitative estimate of drug-likeness (QED) is 0.385. The lowest BCUT2D eigenvalue weighted by molar-refractivity contribution is 0.0775. The number of hydrogen-bond acceptors (Lipinski definition) is 4. The van der Waals surface area contributed by atoms with Crippen LogP contribution in [0.15, 0.2) is 77.7 Å². The van der Waals surface area contributed by atoms with Gasteiger partial charge in [0.1, 0.15) is 5.82 Å². The van der Waals surface area contributed by atoms with Crippen LogP contribution >= 0.6 is 0 Å². The molecule has 2 atom stereocenters. The predicted molar refractivity (Wildman–Crippen MR) is 143 cm³/mol. The number of nitrogens with one attached hydrogen (secondary N) is 1. The Labute approximate surface area is 219 Å². The molecule has 0 aliphatic heterocycles. The molecule has 0 aliphatic carbocycles. The van der Waals surface area contributed by atoms with Crippen LogP contribution in [0.4, 0.5) is 4.39 Å². The van der Waals surface area contributed by atoms with Gasteiger partial charge < -0.3 is 10.4 Å². The van der Waals surface area contributed by atoms with Crippen LogP contribution in [0.25, 0.3) is 0 Å². The van der Waals surface area contributed by atoms with Crippen LogP contribution in [-0.4, -0.2) is 49.0 Å². The number of aliphatic hydroxyl groups excluding tert-OH is 1. The minimum Gasteiger partial charge on any atom is -0.390 e. The first kappa shape index (κ1) is 28.5. The molecule has 0 fully saturated rings. The molecule has 3 rings (SSSR count). The second-order valence-corrected chi connectivity index (χ2v) is 11.7. The van der Waals surface area contributed by atoms with Crippen molar-refractivity contribution < 1.29 is 22.7 Å². The molecular formula is C29H35FN2O4S. The molecule has 0 radical (unpaired) electrons. The van der Waals surface area contributed by atoms with Crippen molar-refractivity contribution in [3.05, 3.63) is 101 Å². The number of nitrogens with zero attached hydrogens (tertiary/aromatic N) is 1. The average molecular weight is 527 g/mol. The molecule has 0 aromatic heterocycles. The lowest BCUT2D eigenvalue weighted by atomic mass is 9.99. The molecule has 8 heteroatoms. The molecule has 1 amide bonds. The topological polar surface area (TPSA) is 86.7 Å². The fourth-order valence-electron chi connectivity index (χ4n) is 4.12. The van der Waals surface area contributed by atoms with Crippen molar-refractivity contribution in [3.8, 4) is 0 Å². The Morgan fingerprint density at radius 2 is 1.59 bits per heavy atom. The lowest BCUT2D eigenvalue weighted by Gasteiger charge is -2.31. The molecule has 6 nitrogen and oxygen atoms in total. The summed E-state index contributed by atoms with van der Waals surface area (Å²) in [6.45, 7) is 7.19. The van der Waals surface area contributed by atoms with Gasteiger partial charge in [0.2, 0.25) is 10.0 Å². The van der Waals surface area contributed by atoms with E-state index in [0.717, 1.165) is 11.1 Å². The van der Waals surface area contributed by atoms with Crippen LogP contribution in [0.1, 0.15) is 40.9 Å². The molecule has 0 saturated heterocycles. The van der Waals surface area contributed by atoms with Crippen LogP contribution in [0, 0.1) is 25.6 Å². The van der Waals surface area contributed by atoms with Crippen LogP contribution in [0.5, 0.6) is 0 Å².